The minimum absolute atomic E-state index is 0.199. The van der Waals surface area contributed by atoms with Gasteiger partial charge in [-0.1, -0.05) is 12.1 Å². The zero-order valence-corrected chi connectivity index (χ0v) is 10.6. The number of aromatic nitrogens is 3. The summed E-state index contributed by atoms with van der Waals surface area (Å²) in [5, 5.41) is 4.51. The maximum atomic E-state index is 11.8. The SMILES string of the molecule is O=C(Nc1ccc(-c2cnc[nH]2)cc1)c1cscn1. The van der Waals surface area contributed by atoms with Gasteiger partial charge in [0, 0.05) is 11.1 Å². The summed E-state index contributed by atoms with van der Waals surface area (Å²) in [6.07, 6.45) is 3.39. The molecule has 3 aromatic rings. The van der Waals surface area contributed by atoms with Crippen molar-refractivity contribution in [3.63, 3.8) is 0 Å². The minimum Gasteiger partial charge on any atom is -0.345 e. The van der Waals surface area contributed by atoms with Crippen LogP contribution in [0.3, 0.4) is 0 Å². The lowest BCUT2D eigenvalue weighted by atomic mass is 10.1. The Morgan fingerprint density at radius 1 is 1.26 bits per heavy atom. The van der Waals surface area contributed by atoms with Gasteiger partial charge in [0.1, 0.15) is 5.69 Å². The first-order valence-corrected chi connectivity index (χ1v) is 6.55. The first-order chi connectivity index (χ1) is 9.33. The molecule has 3 rings (SSSR count). The molecule has 0 aliphatic carbocycles. The predicted molar refractivity (Wildman–Crippen MR) is 74.1 cm³/mol. The van der Waals surface area contributed by atoms with Gasteiger partial charge in [0.25, 0.3) is 5.91 Å². The number of hydrogen-bond acceptors (Lipinski definition) is 4. The second kappa shape index (κ2) is 5.03. The van der Waals surface area contributed by atoms with Crippen molar-refractivity contribution in [1.82, 2.24) is 15.0 Å². The third kappa shape index (κ3) is 2.53. The first kappa shape index (κ1) is 11.6. The van der Waals surface area contributed by atoms with E-state index in [4.69, 9.17) is 0 Å². The Bertz CT molecular complexity index is 659. The molecule has 2 heterocycles. The Hall–Kier alpha value is -2.47. The van der Waals surface area contributed by atoms with Crippen LogP contribution in [0.15, 0.2) is 47.7 Å². The quantitative estimate of drug-likeness (QED) is 0.768. The molecule has 5 nitrogen and oxygen atoms in total. The smallest absolute Gasteiger partial charge is 0.275 e. The van der Waals surface area contributed by atoms with E-state index in [9.17, 15) is 4.79 Å². The summed E-state index contributed by atoms with van der Waals surface area (Å²) in [4.78, 5) is 22.8. The minimum atomic E-state index is -0.199. The van der Waals surface area contributed by atoms with Crippen LogP contribution in [0.4, 0.5) is 5.69 Å². The lowest BCUT2D eigenvalue weighted by Crippen LogP contribution is -2.11. The molecule has 94 valence electrons. The summed E-state index contributed by atoms with van der Waals surface area (Å²) in [6.45, 7) is 0. The number of carbonyl (C=O) groups is 1. The van der Waals surface area contributed by atoms with E-state index in [1.54, 1.807) is 23.4 Å². The van der Waals surface area contributed by atoms with E-state index in [1.807, 2.05) is 24.3 Å². The third-order valence-electron chi connectivity index (χ3n) is 2.62. The highest BCUT2D eigenvalue weighted by Gasteiger charge is 2.07. The van der Waals surface area contributed by atoms with Crippen molar-refractivity contribution in [2.24, 2.45) is 0 Å². The summed E-state index contributed by atoms with van der Waals surface area (Å²) in [5.41, 5.74) is 4.77. The Kier molecular flexibility index (Phi) is 3.07. The van der Waals surface area contributed by atoms with Crippen LogP contribution < -0.4 is 5.32 Å². The molecule has 0 saturated carbocycles. The van der Waals surface area contributed by atoms with Gasteiger partial charge in [-0.2, -0.15) is 0 Å². The molecule has 0 atom stereocenters. The number of rotatable bonds is 3. The number of imidazole rings is 1. The summed E-state index contributed by atoms with van der Waals surface area (Å²) >= 11 is 1.40. The van der Waals surface area contributed by atoms with Crippen LogP contribution in [0.2, 0.25) is 0 Å². The summed E-state index contributed by atoms with van der Waals surface area (Å²) in [6, 6.07) is 7.54. The van der Waals surface area contributed by atoms with Crippen molar-refractivity contribution >= 4 is 22.9 Å². The standard InChI is InChI=1S/C13H10N4OS/c18-13(12-6-19-8-16-12)17-10-3-1-9(2-4-10)11-5-14-7-15-11/h1-8H,(H,14,15)(H,17,18). The number of carbonyl (C=O) groups excluding carboxylic acids is 1. The van der Waals surface area contributed by atoms with Crippen molar-refractivity contribution in [3.8, 4) is 11.3 Å². The van der Waals surface area contributed by atoms with E-state index in [-0.39, 0.29) is 5.91 Å². The number of benzene rings is 1. The summed E-state index contributed by atoms with van der Waals surface area (Å²) in [5.74, 6) is -0.199. The van der Waals surface area contributed by atoms with Crippen LogP contribution in [0.1, 0.15) is 10.5 Å². The predicted octanol–water partition coefficient (Wildman–Crippen LogP) is 2.79. The maximum Gasteiger partial charge on any atom is 0.275 e. The van der Waals surface area contributed by atoms with Gasteiger partial charge in [0.15, 0.2) is 0 Å². The molecule has 2 N–H and O–H groups in total. The highest BCUT2D eigenvalue weighted by molar-refractivity contribution is 7.07. The monoisotopic (exact) mass is 270 g/mol. The van der Waals surface area contributed by atoms with Crippen molar-refractivity contribution in [3.05, 3.63) is 53.4 Å². The fraction of sp³-hybridized carbons (Fsp3) is 0. The summed E-state index contributed by atoms with van der Waals surface area (Å²) in [7, 11) is 0. The zero-order chi connectivity index (χ0) is 13.1. The van der Waals surface area contributed by atoms with E-state index in [0.29, 0.717) is 5.69 Å². The highest BCUT2D eigenvalue weighted by Crippen LogP contribution is 2.19. The fourth-order valence-corrected chi connectivity index (χ4v) is 2.20. The summed E-state index contributed by atoms with van der Waals surface area (Å²) < 4.78 is 0. The van der Waals surface area contributed by atoms with Crippen LogP contribution in [-0.2, 0) is 0 Å². The van der Waals surface area contributed by atoms with Gasteiger partial charge < -0.3 is 10.3 Å². The van der Waals surface area contributed by atoms with Crippen molar-refractivity contribution in [1.29, 1.82) is 0 Å². The fourth-order valence-electron chi connectivity index (χ4n) is 1.67. The van der Waals surface area contributed by atoms with Crippen LogP contribution in [0, 0.1) is 0 Å². The van der Waals surface area contributed by atoms with E-state index >= 15 is 0 Å². The van der Waals surface area contributed by atoms with Gasteiger partial charge in [0.2, 0.25) is 0 Å². The molecule has 19 heavy (non-hydrogen) atoms. The Labute approximate surface area is 113 Å². The second-order valence-corrected chi connectivity index (χ2v) is 4.59. The van der Waals surface area contributed by atoms with E-state index < -0.39 is 0 Å². The Morgan fingerprint density at radius 2 is 2.11 bits per heavy atom. The van der Waals surface area contributed by atoms with Crippen molar-refractivity contribution in [2.45, 2.75) is 0 Å². The molecule has 6 heteroatoms. The number of amides is 1. The molecule has 1 amide bonds. The topological polar surface area (TPSA) is 70.7 Å². The second-order valence-electron chi connectivity index (χ2n) is 3.87. The molecule has 0 aliphatic rings. The third-order valence-corrected chi connectivity index (χ3v) is 3.20. The van der Waals surface area contributed by atoms with Gasteiger partial charge in [-0.25, -0.2) is 9.97 Å². The van der Waals surface area contributed by atoms with Crippen molar-refractivity contribution < 1.29 is 4.79 Å². The maximum absolute atomic E-state index is 11.8. The molecule has 0 unspecified atom stereocenters. The van der Waals surface area contributed by atoms with E-state index in [0.717, 1.165) is 16.9 Å². The lowest BCUT2D eigenvalue weighted by molar-refractivity contribution is 0.102. The lowest BCUT2D eigenvalue weighted by Gasteiger charge is -2.04. The van der Waals surface area contributed by atoms with Crippen LogP contribution in [-0.4, -0.2) is 20.9 Å². The van der Waals surface area contributed by atoms with Crippen LogP contribution in [0.25, 0.3) is 11.3 Å². The highest BCUT2D eigenvalue weighted by atomic mass is 32.1. The number of hydrogen-bond donors (Lipinski definition) is 2. The molecule has 0 spiro atoms. The van der Waals surface area contributed by atoms with Crippen molar-refractivity contribution in [2.75, 3.05) is 5.32 Å². The average molecular weight is 270 g/mol. The zero-order valence-electron chi connectivity index (χ0n) is 9.83. The number of thiazole rings is 1. The van der Waals surface area contributed by atoms with Gasteiger partial charge in [0.05, 0.1) is 23.7 Å². The molecule has 1 aromatic carbocycles. The van der Waals surface area contributed by atoms with Gasteiger partial charge in [-0.05, 0) is 17.7 Å². The molecule has 0 radical (unpaired) electrons. The number of nitrogens with one attached hydrogen (secondary N) is 2. The van der Waals surface area contributed by atoms with Crippen LogP contribution in [0.5, 0.6) is 0 Å². The Balaban J connectivity index is 1.75. The molecular weight excluding hydrogens is 260 g/mol. The Morgan fingerprint density at radius 3 is 2.74 bits per heavy atom. The molecule has 0 aliphatic heterocycles. The van der Waals surface area contributed by atoms with Gasteiger partial charge in [-0.15, -0.1) is 11.3 Å². The van der Waals surface area contributed by atoms with Crippen LogP contribution >= 0.6 is 11.3 Å². The van der Waals surface area contributed by atoms with Gasteiger partial charge >= 0.3 is 0 Å². The van der Waals surface area contributed by atoms with Gasteiger partial charge in [-0.3, -0.25) is 4.79 Å². The van der Waals surface area contributed by atoms with E-state index in [2.05, 4.69) is 20.3 Å². The molecule has 2 aromatic heterocycles. The molecule has 0 bridgehead atoms. The van der Waals surface area contributed by atoms with E-state index in [1.165, 1.54) is 11.3 Å². The number of anilines is 1. The molecular formula is C13H10N4OS. The largest absolute Gasteiger partial charge is 0.345 e. The number of aromatic amines is 1. The molecule has 0 fully saturated rings. The average Bonchev–Trinajstić information content (AvgIpc) is 3.13. The normalized spacial score (nSPS) is 10.3. The molecule has 0 saturated heterocycles. The first-order valence-electron chi connectivity index (χ1n) is 5.61. The number of H-pyrrole nitrogens is 1. The number of nitrogens with zero attached hydrogens (tertiary/aromatic N) is 2.